The van der Waals surface area contributed by atoms with Crippen molar-refractivity contribution in [1.29, 1.82) is 0 Å². The number of nitrogens with one attached hydrogen (secondary N) is 2. The van der Waals surface area contributed by atoms with E-state index in [0.717, 1.165) is 24.5 Å². The molecule has 1 fully saturated rings. The minimum absolute atomic E-state index is 0.0833. The van der Waals surface area contributed by atoms with Crippen molar-refractivity contribution < 1.29 is 39.2 Å². The van der Waals surface area contributed by atoms with Gasteiger partial charge in [0.05, 0.1) is 16.3 Å². The van der Waals surface area contributed by atoms with Gasteiger partial charge in [-0.15, -0.1) is 0 Å². The Balaban J connectivity index is 1.56. The summed E-state index contributed by atoms with van der Waals surface area (Å²) in [5.41, 5.74) is -3.87. The molecule has 0 amide bonds. The number of anilines is 2. The lowest BCUT2D eigenvalue weighted by Crippen LogP contribution is -2.50. The van der Waals surface area contributed by atoms with Crippen LogP contribution in [0.15, 0.2) is 58.9 Å². The number of rotatable bonds is 7. The molecule has 0 spiro atoms. The maximum Gasteiger partial charge on any atom is 0.416 e. The molecule has 4 atom stereocenters. The Morgan fingerprint density at radius 2 is 1.79 bits per heavy atom. The summed E-state index contributed by atoms with van der Waals surface area (Å²) in [4.78, 5) is 8.49. The maximum atomic E-state index is 15.1. The van der Waals surface area contributed by atoms with Crippen LogP contribution in [-0.4, -0.2) is 61.8 Å². The third kappa shape index (κ3) is 7.43. The molecule has 1 unspecified atom stereocenters. The number of nitrogens with zero attached hydrogens (tertiary/aromatic N) is 3. The van der Waals surface area contributed by atoms with Gasteiger partial charge in [0.25, 0.3) is 10.0 Å². The van der Waals surface area contributed by atoms with Gasteiger partial charge in [-0.2, -0.15) is 26.3 Å². The summed E-state index contributed by atoms with van der Waals surface area (Å²) in [6.45, 7) is 1.42. The van der Waals surface area contributed by atoms with Crippen LogP contribution in [-0.2, 0) is 10.0 Å². The van der Waals surface area contributed by atoms with Crippen LogP contribution >= 0.6 is 11.6 Å². The molecule has 1 heterocycles. The van der Waals surface area contributed by atoms with Gasteiger partial charge in [0.2, 0.25) is 0 Å². The van der Waals surface area contributed by atoms with Gasteiger partial charge in [-0.25, -0.2) is 22.8 Å². The van der Waals surface area contributed by atoms with Crippen molar-refractivity contribution >= 4 is 33.1 Å². The van der Waals surface area contributed by atoms with E-state index in [0.29, 0.717) is 6.42 Å². The Morgan fingerprint density at radius 1 is 1.09 bits per heavy atom. The fourth-order valence-corrected chi connectivity index (χ4v) is 7.16. The van der Waals surface area contributed by atoms with E-state index < -0.39 is 68.0 Å². The number of likely N-dealkylation sites (N-methyl/N-ethyl adjacent to an activating group) is 1. The van der Waals surface area contributed by atoms with Gasteiger partial charge in [0.1, 0.15) is 22.9 Å². The molecule has 4 rings (SSSR count). The van der Waals surface area contributed by atoms with Crippen molar-refractivity contribution in [3.63, 3.8) is 0 Å². The second kappa shape index (κ2) is 11.9. The van der Waals surface area contributed by atoms with Gasteiger partial charge in [0.15, 0.2) is 0 Å². The largest absolute Gasteiger partial charge is 0.416 e. The molecule has 2 N–H and O–H groups in total. The molecule has 0 saturated heterocycles. The van der Waals surface area contributed by atoms with E-state index in [9.17, 15) is 34.8 Å². The molecule has 0 aliphatic heterocycles. The summed E-state index contributed by atoms with van der Waals surface area (Å²) in [6, 6.07) is 2.33. The van der Waals surface area contributed by atoms with Crippen LogP contribution < -0.4 is 10.0 Å². The average Bonchev–Trinajstić information content (AvgIpc) is 2.89. The third-order valence-corrected chi connectivity index (χ3v) is 9.65. The smallest absolute Gasteiger partial charge is 0.379 e. The van der Waals surface area contributed by atoms with Crippen LogP contribution in [0.2, 0.25) is 5.02 Å². The number of halogens is 8. The normalized spacial score (nSPS) is 25.3. The van der Waals surface area contributed by atoms with Crippen LogP contribution in [0.1, 0.15) is 32.6 Å². The molecule has 236 valence electrons. The first-order valence-electron chi connectivity index (χ1n) is 13.1. The van der Waals surface area contributed by atoms with Crippen LogP contribution in [0.25, 0.3) is 0 Å². The van der Waals surface area contributed by atoms with Crippen LogP contribution in [0.5, 0.6) is 0 Å². The Kier molecular flexibility index (Phi) is 9.12. The molecule has 2 aliphatic carbocycles. The molecule has 2 aliphatic rings. The standard InChI is InChI=1S/C27H29ClF7N5O2S/c1-25(12-16(26(30,31)32)8-17(13-25)27(33,34)35)15-4-5-20(22(9-15)40(2)3)38-21-11-19(29)23(10-18(21)28)43(41,42)39-24-6-7-36-14-37-24/h6-8,10-12,14-15,20,22,38H,4-5,9,13H2,1-3H3,(H,36,37,39)/t15-,20-,22-,25?/m0/s1. The van der Waals surface area contributed by atoms with E-state index in [1.807, 2.05) is 0 Å². The predicted octanol–water partition coefficient (Wildman–Crippen LogP) is 6.97. The highest BCUT2D eigenvalue weighted by Crippen LogP contribution is 2.52. The second-order valence-corrected chi connectivity index (χ2v) is 13.3. The summed E-state index contributed by atoms with van der Waals surface area (Å²) in [7, 11) is -0.959. The molecule has 1 saturated carbocycles. The van der Waals surface area contributed by atoms with E-state index >= 15 is 4.39 Å². The number of hydrogen-bond donors (Lipinski definition) is 2. The van der Waals surface area contributed by atoms with Crippen molar-refractivity contribution in [3.8, 4) is 0 Å². The zero-order chi connectivity index (χ0) is 32.0. The second-order valence-electron chi connectivity index (χ2n) is 11.2. The molecule has 16 heteroatoms. The van der Waals surface area contributed by atoms with Crippen LogP contribution in [0.4, 0.5) is 42.2 Å². The van der Waals surface area contributed by atoms with Gasteiger partial charge in [0, 0.05) is 23.9 Å². The SMILES string of the molecule is CN(C)[C@H]1C[C@@H](C2(C)C=C(C(F)(F)F)C=C(C(F)(F)F)C2)CC[C@@H]1Nc1cc(F)c(S(=O)(=O)Nc2ccncn2)cc1Cl. The van der Waals surface area contributed by atoms with Crippen molar-refractivity contribution in [2.24, 2.45) is 11.3 Å². The number of sulfonamides is 1. The fraction of sp³-hybridized carbons (Fsp3) is 0.481. The zero-order valence-electron chi connectivity index (χ0n) is 23.2. The lowest BCUT2D eigenvalue weighted by atomic mass is 9.62. The maximum absolute atomic E-state index is 15.1. The highest BCUT2D eigenvalue weighted by molar-refractivity contribution is 7.92. The number of benzene rings is 1. The Morgan fingerprint density at radius 3 is 2.37 bits per heavy atom. The lowest BCUT2D eigenvalue weighted by molar-refractivity contribution is -0.104. The summed E-state index contributed by atoms with van der Waals surface area (Å²) >= 11 is 6.36. The van der Waals surface area contributed by atoms with Gasteiger partial charge < -0.3 is 10.2 Å². The van der Waals surface area contributed by atoms with E-state index in [2.05, 4.69) is 20.0 Å². The van der Waals surface area contributed by atoms with E-state index in [4.69, 9.17) is 11.6 Å². The molecule has 2 aromatic rings. The minimum atomic E-state index is -4.94. The Hall–Kier alpha value is -2.91. The molecule has 1 aromatic heterocycles. The van der Waals surface area contributed by atoms with Crippen molar-refractivity contribution in [2.75, 3.05) is 24.1 Å². The van der Waals surface area contributed by atoms with Crippen LogP contribution in [0, 0.1) is 17.2 Å². The Bertz CT molecular complexity index is 1510. The summed E-state index contributed by atoms with van der Waals surface area (Å²) < 4.78 is 124. The quantitative estimate of drug-likeness (QED) is 0.314. The van der Waals surface area contributed by atoms with E-state index in [-0.39, 0.29) is 41.5 Å². The Labute approximate surface area is 249 Å². The summed E-state index contributed by atoms with van der Waals surface area (Å²) in [6.07, 6.45) is -6.11. The van der Waals surface area contributed by atoms with Crippen molar-refractivity contribution in [2.45, 2.75) is 61.9 Å². The molecular weight excluding hydrogens is 627 g/mol. The minimum Gasteiger partial charge on any atom is -0.379 e. The number of alkyl halides is 6. The zero-order valence-corrected chi connectivity index (χ0v) is 24.8. The summed E-state index contributed by atoms with van der Waals surface area (Å²) in [5, 5.41) is 3.01. The van der Waals surface area contributed by atoms with Gasteiger partial charge >= 0.3 is 12.4 Å². The summed E-state index contributed by atoms with van der Waals surface area (Å²) in [5.74, 6) is -1.72. The first-order valence-corrected chi connectivity index (χ1v) is 14.9. The highest BCUT2D eigenvalue weighted by atomic mass is 35.5. The van der Waals surface area contributed by atoms with E-state index in [1.165, 1.54) is 19.2 Å². The van der Waals surface area contributed by atoms with Gasteiger partial charge in [-0.3, -0.25) is 4.72 Å². The van der Waals surface area contributed by atoms with Gasteiger partial charge in [-0.05, 0) is 75.4 Å². The number of hydrogen-bond acceptors (Lipinski definition) is 6. The number of aromatic nitrogens is 2. The fourth-order valence-electron chi connectivity index (χ4n) is 5.78. The number of allylic oxidation sites excluding steroid dienone is 4. The molecule has 0 bridgehead atoms. The molecular formula is C27H29ClF7N5O2S. The first-order chi connectivity index (χ1) is 19.8. The molecule has 7 nitrogen and oxygen atoms in total. The lowest BCUT2D eigenvalue weighted by Gasteiger charge is -2.47. The van der Waals surface area contributed by atoms with Crippen molar-refractivity contribution in [1.82, 2.24) is 14.9 Å². The van der Waals surface area contributed by atoms with Gasteiger partial charge in [-0.1, -0.05) is 24.6 Å². The van der Waals surface area contributed by atoms with E-state index in [1.54, 1.807) is 19.0 Å². The molecule has 43 heavy (non-hydrogen) atoms. The monoisotopic (exact) mass is 655 g/mol. The average molecular weight is 656 g/mol. The first kappa shape index (κ1) is 33.0. The predicted molar refractivity (Wildman–Crippen MR) is 147 cm³/mol. The van der Waals surface area contributed by atoms with Crippen LogP contribution in [0.3, 0.4) is 0 Å². The third-order valence-electron chi connectivity index (χ3n) is 7.96. The highest BCUT2D eigenvalue weighted by Gasteiger charge is 2.49. The topological polar surface area (TPSA) is 87.2 Å². The molecule has 1 aromatic carbocycles. The van der Waals surface area contributed by atoms with Crippen molar-refractivity contribution in [3.05, 3.63) is 64.9 Å². The molecule has 0 radical (unpaired) electrons.